The van der Waals surface area contributed by atoms with E-state index in [2.05, 4.69) is 11.2 Å². The van der Waals surface area contributed by atoms with Crippen LogP contribution in [0.1, 0.15) is 24.1 Å². The van der Waals surface area contributed by atoms with Crippen molar-refractivity contribution >= 4 is 5.97 Å². The van der Waals surface area contributed by atoms with E-state index in [-0.39, 0.29) is 5.97 Å². The van der Waals surface area contributed by atoms with Gasteiger partial charge in [0.15, 0.2) is 0 Å². The van der Waals surface area contributed by atoms with Crippen LogP contribution in [0.25, 0.3) is 0 Å². The molecule has 1 rings (SSSR count). The molecule has 0 saturated carbocycles. The molecule has 0 heterocycles. The molecule has 1 N–H and O–H groups in total. The SMILES string of the molecule is C#CCNC(C(=O)OCC)c1ccc(C)cc1. The van der Waals surface area contributed by atoms with Gasteiger partial charge in [0.25, 0.3) is 0 Å². The fourth-order valence-corrected chi connectivity index (χ4v) is 1.48. The first kappa shape index (κ1) is 13.3. The van der Waals surface area contributed by atoms with E-state index in [1.54, 1.807) is 6.92 Å². The fraction of sp³-hybridized carbons (Fsp3) is 0.357. The Morgan fingerprint density at radius 1 is 1.47 bits per heavy atom. The van der Waals surface area contributed by atoms with Crippen LogP contribution in [0.15, 0.2) is 24.3 Å². The van der Waals surface area contributed by atoms with Crippen LogP contribution in [0.4, 0.5) is 0 Å². The lowest BCUT2D eigenvalue weighted by Crippen LogP contribution is -2.30. The number of aryl methyl sites for hydroxylation is 1. The predicted octanol–water partition coefficient (Wildman–Crippen LogP) is 1.82. The molecule has 1 unspecified atom stereocenters. The van der Waals surface area contributed by atoms with E-state index < -0.39 is 6.04 Å². The van der Waals surface area contributed by atoms with Gasteiger partial charge in [-0.25, -0.2) is 4.79 Å². The van der Waals surface area contributed by atoms with Gasteiger partial charge in [0.1, 0.15) is 6.04 Å². The summed E-state index contributed by atoms with van der Waals surface area (Å²) in [5.41, 5.74) is 2.01. The van der Waals surface area contributed by atoms with E-state index in [1.807, 2.05) is 31.2 Å². The van der Waals surface area contributed by atoms with Crippen molar-refractivity contribution in [2.24, 2.45) is 0 Å². The summed E-state index contributed by atoms with van der Waals surface area (Å²) in [4.78, 5) is 11.8. The maximum absolute atomic E-state index is 11.8. The van der Waals surface area contributed by atoms with E-state index >= 15 is 0 Å². The second-order valence-electron chi connectivity index (χ2n) is 3.68. The Kier molecular flexibility index (Phi) is 5.25. The molecule has 17 heavy (non-hydrogen) atoms. The molecule has 1 aromatic carbocycles. The highest BCUT2D eigenvalue weighted by Crippen LogP contribution is 2.15. The molecule has 0 aliphatic heterocycles. The number of rotatable bonds is 5. The van der Waals surface area contributed by atoms with Crippen LogP contribution in [0.2, 0.25) is 0 Å². The van der Waals surface area contributed by atoms with Gasteiger partial charge in [0, 0.05) is 0 Å². The summed E-state index contributed by atoms with van der Waals surface area (Å²) in [6.45, 7) is 4.47. The summed E-state index contributed by atoms with van der Waals surface area (Å²) in [6, 6.07) is 7.23. The van der Waals surface area contributed by atoms with Crippen LogP contribution in [-0.2, 0) is 9.53 Å². The summed E-state index contributed by atoms with van der Waals surface area (Å²) in [6.07, 6.45) is 5.19. The molecule has 3 heteroatoms. The van der Waals surface area contributed by atoms with E-state index in [4.69, 9.17) is 11.2 Å². The van der Waals surface area contributed by atoms with Crippen LogP contribution in [0, 0.1) is 19.3 Å². The number of benzene rings is 1. The topological polar surface area (TPSA) is 38.3 Å². The first-order valence-corrected chi connectivity index (χ1v) is 5.59. The molecular formula is C14H17NO2. The number of terminal acetylenes is 1. The van der Waals surface area contributed by atoms with Crippen molar-refractivity contribution in [2.75, 3.05) is 13.2 Å². The molecule has 0 aromatic heterocycles. The van der Waals surface area contributed by atoms with E-state index in [0.29, 0.717) is 13.2 Å². The molecule has 0 radical (unpaired) electrons. The molecule has 0 amide bonds. The van der Waals surface area contributed by atoms with Crippen LogP contribution in [0.5, 0.6) is 0 Å². The zero-order valence-electron chi connectivity index (χ0n) is 10.2. The molecule has 0 aliphatic rings. The highest BCUT2D eigenvalue weighted by atomic mass is 16.5. The van der Waals surface area contributed by atoms with Gasteiger partial charge in [-0.1, -0.05) is 35.7 Å². The molecular weight excluding hydrogens is 214 g/mol. The molecule has 1 atom stereocenters. The third kappa shape index (κ3) is 3.93. The third-order valence-electron chi connectivity index (χ3n) is 2.34. The molecule has 3 nitrogen and oxygen atoms in total. The van der Waals surface area contributed by atoms with Gasteiger partial charge in [0.05, 0.1) is 13.2 Å². The Labute approximate surface area is 102 Å². The summed E-state index contributed by atoms with van der Waals surface area (Å²) in [7, 11) is 0. The van der Waals surface area contributed by atoms with Crippen molar-refractivity contribution in [3.05, 3.63) is 35.4 Å². The molecule has 90 valence electrons. The van der Waals surface area contributed by atoms with Crippen molar-refractivity contribution in [1.29, 1.82) is 0 Å². The zero-order chi connectivity index (χ0) is 12.7. The van der Waals surface area contributed by atoms with Crippen molar-refractivity contribution in [1.82, 2.24) is 5.32 Å². The second kappa shape index (κ2) is 6.72. The van der Waals surface area contributed by atoms with Crippen LogP contribution >= 0.6 is 0 Å². The van der Waals surface area contributed by atoms with Gasteiger partial charge in [-0.15, -0.1) is 6.42 Å². The lowest BCUT2D eigenvalue weighted by atomic mass is 10.1. The minimum atomic E-state index is -0.494. The maximum Gasteiger partial charge on any atom is 0.327 e. The van der Waals surface area contributed by atoms with E-state index in [0.717, 1.165) is 11.1 Å². The highest BCUT2D eigenvalue weighted by Gasteiger charge is 2.20. The predicted molar refractivity (Wildman–Crippen MR) is 67.4 cm³/mol. The summed E-state index contributed by atoms with van der Waals surface area (Å²) in [5, 5.41) is 2.98. The minimum Gasteiger partial charge on any atom is -0.465 e. The molecule has 0 aliphatic carbocycles. The Morgan fingerprint density at radius 3 is 2.65 bits per heavy atom. The molecule has 0 bridgehead atoms. The van der Waals surface area contributed by atoms with E-state index in [1.165, 1.54) is 0 Å². The molecule has 0 fully saturated rings. The number of hydrogen-bond donors (Lipinski definition) is 1. The number of hydrogen-bond acceptors (Lipinski definition) is 3. The van der Waals surface area contributed by atoms with Gasteiger partial charge in [-0.2, -0.15) is 0 Å². The first-order valence-electron chi connectivity index (χ1n) is 5.59. The summed E-state index contributed by atoms with van der Waals surface area (Å²) >= 11 is 0. The Balaban J connectivity index is 2.85. The monoisotopic (exact) mass is 231 g/mol. The zero-order valence-corrected chi connectivity index (χ0v) is 10.2. The number of nitrogens with one attached hydrogen (secondary N) is 1. The average Bonchev–Trinajstić information content (AvgIpc) is 2.32. The fourth-order valence-electron chi connectivity index (χ4n) is 1.48. The number of carbonyl (C=O) groups is 1. The Hall–Kier alpha value is -1.79. The Morgan fingerprint density at radius 2 is 2.12 bits per heavy atom. The second-order valence-corrected chi connectivity index (χ2v) is 3.68. The standard InChI is InChI=1S/C14H17NO2/c1-4-10-15-13(14(16)17-5-2)12-8-6-11(3)7-9-12/h1,6-9,13,15H,5,10H2,2-3H3. The van der Waals surface area contributed by atoms with Gasteiger partial charge in [-0.05, 0) is 19.4 Å². The van der Waals surface area contributed by atoms with Gasteiger partial charge in [-0.3, -0.25) is 5.32 Å². The lowest BCUT2D eigenvalue weighted by molar-refractivity contribution is -0.145. The van der Waals surface area contributed by atoms with Crippen molar-refractivity contribution < 1.29 is 9.53 Å². The number of carbonyl (C=O) groups excluding carboxylic acids is 1. The average molecular weight is 231 g/mol. The lowest BCUT2D eigenvalue weighted by Gasteiger charge is -2.16. The highest BCUT2D eigenvalue weighted by molar-refractivity contribution is 5.77. The first-order chi connectivity index (χ1) is 8.19. The Bertz CT molecular complexity index is 403. The van der Waals surface area contributed by atoms with Crippen LogP contribution in [0.3, 0.4) is 0 Å². The largest absolute Gasteiger partial charge is 0.465 e. The molecule has 0 saturated heterocycles. The van der Waals surface area contributed by atoms with Crippen molar-refractivity contribution in [3.8, 4) is 12.3 Å². The number of esters is 1. The normalized spacial score (nSPS) is 11.6. The van der Waals surface area contributed by atoms with Gasteiger partial charge in [0.2, 0.25) is 0 Å². The van der Waals surface area contributed by atoms with Crippen LogP contribution in [-0.4, -0.2) is 19.1 Å². The number of ether oxygens (including phenoxy) is 1. The van der Waals surface area contributed by atoms with Gasteiger partial charge >= 0.3 is 5.97 Å². The maximum atomic E-state index is 11.8. The van der Waals surface area contributed by atoms with Gasteiger partial charge < -0.3 is 4.74 Å². The van der Waals surface area contributed by atoms with Crippen LogP contribution < -0.4 is 5.32 Å². The smallest absolute Gasteiger partial charge is 0.327 e. The summed E-state index contributed by atoms with van der Waals surface area (Å²) < 4.78 is 5.02. The third-order valence-corrected chi connectivity index (χ3v) is 2.34. The van der Waals surface area contributed by atoms with Crippen molar-refractivity contribution in [3.63, 3.8) is 0 Å². The molecule has 1 aromatic rings. The van der Waals surface area contributed by atoms with E-state index in [9.17, 15) is 4.79 Å². The summed E-state index contributed by atoms with van der Waals surface area (Å²) in [5.74, 6) is 2.16. The minimum absolute atomic E-state index is 0.299. The van der Waals surface area contributed by atoms with Crippen molar-refractivity contribution in [2.45, 2.75) is 19.9 Å². The quantitative estimate of drug-likeness (QED) is 0.620. The molecule has 0 spiro atoms.